The SMILES string of the molecule is Cc1ccn(C[C@H]2CN(c3ccccc3)C(=O)O2)c(=O)c1. The minimum absolute atomic E-state index is 0.0794. The van der Waals surface area contributed by atoms with Gasteiger partial charge in [0.05, 0.1) is 13.1 Å². The summed E-state index contributed by atoms with van der Waals surface area (Å²) in [6.45, 7) is 2.69. The molecule has 1 aliphatic rings. The highest BCUT2D eigenvalue weighted by atomic mass is 16.6. The Balaban J connectivity index is 1.74. The molecule has 3 rings (SSSR count). The number of para-hydroxylation sites is 1. The third kappa shape index (κ3) is 2.81. The van der Waals surface area contributed by atoms with E-state index >= 15 is 0 Å². The van der Waals surface area contributed by atoms with E-state index in [1.54, 1.807) is 21.7 Å². The number of cyclic esters (lactones) is 1. The van der Waals surface area contributed by atoms with Crippen molar-refractivity contribution in [2.45, 2.75) is 19.6 Å². The third-order valence-electron chi connectivity index (χ3n) is 3.49. The molecule has 0 radical (unpaired) electrons. The predicted octanol–water partition coefficient (Wildman–Crippen LogP) is 2.18. The average molecular weight is 284 g/mol. The predicted molar refractivity (Wildman–Crippen MR) is 79.5 cm³/mol. The molecule has 1 aliphatic heterocycles. The highest BCUT2D eigenvalue weighted by molar-refractivity contribution is 5.89. The second-order valence-electron chi connectivity index (χ2n) is 5.15. The molecule has 1 aromatic carbocycles. The van der Waals surface area contributed by atoms with E-state index in [4.69, 9.17) is 4.74 Å². The minimum atomic E-state index is -0.369. The van der Waals surface area contributed by atoms with Gasteiger partial charge in [-0.15, -0.1) is 0 Å². The fourth-order valence-electron chi connectivity index (χ4n) is 2.41. The zero-order valence-corrected chi connectivity index (χ0v) is 11.7. The molecule has 1 atom stereocenters. The highest BCUT2D eigenvalue weighted by Crippen LogP contribution is 2.21. The van der Waals surface area contributed by atoms with Crippen LogP contribution in [0.4, 0.5) is 10.5 Å². The summed E-state index contributed by atoms with van der Waals surface area (Å²) in [5, 5.41) is 0. The second-order valence-corrected chi connectivity index (χ2v) is 5.15. The van der Waals surface area contributed by atoms with Gasteiger partial charge in [0, 0.05) is 18.0 Å². The smallest absolute Gasteiger partial charge is 0.414 e. The number of benzene rings is 1. The molecule has 21 heavy (non-hydrogen) atoms. The van der Waals surface area contributed by atoms with Crippen LogP contribution in [0.2, 0.25) is 0 Å². The molecular weight excluding hydrogens is 268 g/mol. The number of ether oxygens (including phenoxy) is 1. The van der Waals surface area contributed by atoms with Crippen molar-refractivity contribution in [1.29, 1.82) is 0 Å². The highest BCUT2D eigenvalue weighted by Gasteiger charge is 2.32. The molecule has 1 fully saturated rings. The molecule has 2 heterocycles. The summed E-state index contributed by atoms with van der Waals surface area (Å²) < 4.78 is 6.91. The fraction of sp³-hybridized carbons (Fsp3) is 0.250. The maximum atomic E-state index is 11.9. The van der Waals surface area contributed by atoms with Crippen LogP contribution in [0.3, 0.4) is 0 Å². The number of aryl methyl sites for hydroxylation is 1. The number of carbonyl (C=O) groups is 1. The van der Waals surface area contributed by atoms with E-state index in [-0.39, 0.29) is 17.8 Å². The van der Waals surface area contributed by atoms with Crippen LogP contribution in [0.15, 0.2) is 53.5 Å². The largest absolute Gasteiger partial charge is 0.442 e. The van der Waals surface area contributed by atoms with E-state index in [0.717, 1.165) is 11.3 Å². The van der Waals surface area contributed by atoms with Crippen LogP contribution in [0.1, 0.15) is 5.56 Å². The first-order valence-electron chi connectivity index (χ1n) is 6.84. The van der Waals surface area contributed by atoms with Crippen molar-refractivity contribution in [3.05, 3.63) is 64.6 Å². The second kappa shape index (κ2) is 5.44. The summed E-state index contributed by atoms with van der Waals surface area (Å²) in [6, 6.07) is 12.8. The first-order chi connectivity index (χ1) is 10.1. The van der Waals surface area contributed by atoms with Crippen molar-refractivity contribution in [3.63, 3.8) is 0 Å². The molecule has 5 nitrogen and oxygen atoms in total. The number of pyridine rings is 1. The average Bonchev–Trinajstić information content (AvgIpc) is 2.84. The molecule has 0 aliphatic carbocycles. The Morgan fingerprint density at radius 2 is 1.95 bits per heavy atom. The lowest BCUT2D eigenvalue weighted by Gasteiger charge is -2.13. The van der Waals surface area contributed by atoms with Gasteiger partial charge in [0.15, 0.2) is 0 Å². The van der Waals surface area contributed by atoms with Crippen molar-refractivity contribution < 1.29 is 9.53 Å². The van der Waals surface area contributed by atoms with E-state index in [1.807, 2.05) is 43.3 Å². The van der Waals surface area contributed by atoms with E-state index in [9.17, 15) is 9.59 Å². The van der Waals surface area contributed by atoms with Crippen LogP contribution >= 0.6 is 0 Å². The summed E-state index contributed by atoms with van der Waals surface area (Å²) in [4.78, 5) is 25.4. The molecule has 2 aromatic rings. The Morgan fingerprint density at radius 3 is 2.67 bits per heavy atom. The first-order valence-corrected chi connectivity index (χ1v) is 6.84. The van der Waals surface area contributed by atoms with Crippen LogP contribution in [-0.4, -0.2) is 23.3 Å². The molecular formula is C16H16N2O3. The summed E-state index contributed by atoms with van der Waals surface area (Å²) in [6.07, 6.45) is 1.04. The Bertz CT molecular complexity index is 709. The zero-order valence-electron chi connectivity index (χ0n) is 11.7. The maximum Gasteiger partial charge on any atom is 0.414 e. The fourth-order valence-corrected chi connectivity index (χ4v) is 2.41. The van der Waals surface area contributed by atoms with Crippen LogP contribution in [0.5, 0.6) is 0 Å². The third-order valence-corrected chi connectivity index (χ3v) is 3.49. The van der Waals surface area contributed by atoms with Gasteiger partial charge in [0.2, 0.25) is 0 Å². The summed E-state index contributed by atoms with van der Waals surface area (Å²) in [5.41, 5.74) is 1.65. The van der Waals surface area contributed by atoms with Crippen molar-refractivity contribution >= 4 is 11.8 Å². The quantitative estimate of drug-likeness (QED) is 0.868. The molecule has 0 spiro atoms. The number of amides is 1. The van der Waals surface area contributed by atoms with Crippen LogP contribution in [0, 0.1) is 6.92 Å². The maximum absolute atomic E-state index is 11.9. The van der Waals surface area contributed by atoms with Gasteiger partial charge in [-0.25, -0.2) is 4.79 Å². The van der Waals surface area contributed by atoms with Gasteiger partial charge in [-0.2, -0.15) is 0 Å². The standard InChI is InChI=1S/C16H16N2O3/c1-12-7-8-17(15(19)9-12)10-14-11-18(16(20)21-14)13-5-3-2-4-6-13/h2-9,14H,10-11H2,1H3/t14-/m0/s1. The number of carbonyl (C=O) groups excluding carboxylic acids is 1. The Morgan fingerprint density at radius 1 is 1.19 bits per heavy atom. The molecule has 1 aromatic heterocycles. The van der Waals surface area contributed by atoms with Gasteiger partial charge in [-0.1, -0.05) is 18.2 Å². The lowest BCUT2D eigenvalue weighted by atomic mass is 10.2. The number of hydrogen-bond donors (Lipinski definition) is 0. The van der Waals surface area contributed by atoms with E-state index < -0.39 is 0 Å². The van der Waals surface area contributed by atoms with Crippen LogP contribution in [0.25, 0.3) is 0 Å². The van der Waals surface area contributed by atoms with Gasteiger partial charge < -0.3 is 9.30 Å². The molecule has 1 saturated heterocycles. The van der Waals surface area contributed by atoms with E-state index in [2.05, 4.69) is 0 Å². The number of hydrogen-bond acceptors (Lipinski definition) is 3. The number of aromatic nitrogens is 1. The van der Waals surface area contributed by atoms with Crippen LogP contribution < -0.4 is 10.5 Å². The van der Waals surface area contributed by atoms with Crippen molar-refractivity contribution in [2.24, 2.45) is 0 Å². The van der Waals surface area contributed by atoms with Crippen molar-refractivity contribution in [1.82, 2.24) is 4.57 Å². The van der Waals surface area contributed by atoms with E-state index in [0.29, 0.717) is 13.1 Å². The minimum Gasteiger partial charge on any atom is -0.442 e. The van der Waals surface area contributed by atoms with E-state index in [1.165, 1.54) is 0 Å². The van der Waals surface area contributed by atoms with Gasteiger partial charge in [0.25, 0.3) is 5.56 Å². The number of anilines is 1. The zero-order chi connectivity index (χ0) is 14.8. The Kier molecular flexibility index (Phi) is 3.48. The van der Waals surface area contributed by atoms with Gasteiger partial charge in [-0.3, -0.25) is 9.69 Å². The summed E-state index contributed by atoms with van der Waals surface area (Å²) in [7, 11) is 0. The lowest BCUT2D eigenvalue weighted by molar-refractivity contribution is 0.131. The van der Waals surface area contributed by atoms with Gasteiger partial charge in [-0.05, 0) is 30.7 Å². The lowest BCUT2D eigenvalue weighted by Crippen LogP contribution is -2.29. The van der Waals surface area contributed by atoms with Crippen LogP contribution in [-0.2, 0) is 11.3 Å². The van der Waals surface area contributed by atoms with Gasteiger partial charge in [0.1, 0.15) is 6.10 Å². The summed E-state index contributed by atoms with van der Waals surface area (Å²) in [5.74, 6) is 0. The Hall–Kier alpha value is -2.56. The molecule has 0 saturated carbocycles. The monoisotopic (exact) mass is 284 g/mol. The number of nitrogens with zero attached hydrogens (tertiary/aromatic N) is 2. The first kappa shape index (κ1) is 13.4. The molecule has 5 heteroatoms. The Labute approximate surface area is 122 Å². The molecule has 0 unspecified atom stereocenters. The topological polar surface area (TPSA) is 51.5 Å². The molecule has 108 valence electrons. The molecule has 0 bridgehead atoms. The van der Waals surface area contributed by atoms with Crippen molar-refractivity contribution in [2.75, 3.05) is 11.4 Å². The van der Waals surface area contributed by atoms with Crippen molar-refractivity contribution in [3.8, 4) is 0 Å². The normalized spacial score (nSPS) is 17.9. The molecule has 0 N–H and O–H groups in total. The summed E-state index contributed by atoms with van der Waals surface area (Å²) >= 11 is 0. The van der Waals surface area contributed by atoms with Gasteiger partial charge >= 0.3 is 6.09 Å². The number of rotatable bonds is 3. The molecule has 1 amide bonds.